The molecule has 0 unspecified atom stereocenters. The van der Waals surface area contributed by atoms with Crippen molar-refractivity contribution >= 4 is 32.7 Å². The molecule has 20 heavy (non-hydrogen) atoms. The highest BCUT2D eigenvalue weighted by molar-refractivity contribution is 9.08. The van der Waals surface area contributed by atoms with Crippen LogP contribution in [-0.4, -0.2) is 18.1 Å². The second-order valence-corrected chi connectivity index (χ2v) is 6.25. The Bertz CT molecular complexity index is 593. The molecule has 1 aromatic heterocycles. The van der Waals surface area contributed by atoms with Crippen LogP contribution in [0.15, 0.2) is 30.3 Å². The lowest BCUT2D eigenvalue weighted by Crippen LogP contribution is -2.28. The summed E-state index contributed by atoms with van der Waals surface area (Å²) in [6.07, 6.45) is 3.94. The third-order valence-electron chi connectivity index (χ3n) is 3.89. The average molecular weight is 333 g/mol. The maximum absolute atomic E-state index is 4.94. The Labute approximate surface area is 129 Å². The van der Waals surface area contributed by atoms with Crippen LogP contribution < -0.4 is 4.90 Å². The number of hydrogen-bond acceptors (Lipinski definition) is 2. The zero-order chi connectivity index (χ0) is 13.9. The smallest absolute Gasteiger partial charge is 0.133 e. The van der Waals surface area contributed by atoms with Gasteiger partial charge in [-0.3, -0.25) is 0 Å². The molecule has 3 rings (SSSR count). The molecule has 0 amide bonds. The number of aromatic nitrogens is 1. The molecule has 1 aliphatic carbocycles. The first-order valence-electron chi connectivity index (χ1n) is 7.51. The van der Waals surface area contributed by atoms with Crippen LogP contribution in [0.1, 0.15) is 31.7 Å². The van der Waals surface area contributed by atoms with Gasteiger partial charge in [0, 0.05) is 29.4 Å². The Morgan fingerprint density at radius 3 is 2.80 bits per heavy atom. The molecule has 1 heterocycles. The van der Waals surface area contributed by atoms with Crippen LogP contribution >= 0.6 is 15.9 Å². The van der Waals surface area contributed by atoms with Crippen molar-refractivity contribution in [2.45, 2.75) is 31.5 Å². The van der Waals surface area contributed by atoms with Gasteiger partial charge in [-0.15, -0.1) is 0 Å². The van der Waals surface area contributed by atoms with E-state index in [1.54, 1.807) is 0 Å². The Kier molecular flexibility index (Phi) is 4.25. The normalized spacial score (nSPS) is 14.7. The van der Waals surface area contributed by atoms with Crippen LogP contribution in [0.3, 0.4) is 0 Å². The molecule has 1 saturated carbocycles. The minimum absolute atomic E-state index is 0.866. The minimum Gasteiger partial charge on any atom is -0.356 e. The molecule has 1 aliphatic rings. The number of nitrogens with zero attached hydrogens (tertiary/aromatic N) is 2. The minimum atomic E-state index is 0.866. The molecule has 3 heteroatoms. The van der Waals surface area contributed by atoms with Gasteiger partial charge in [0.15, 0.2) is 0 Å². The van der Waals surface area contributed by atoms with Crippen molar-refractivity contribution < 1.29 is 0 Å². The van der Waals surface area contributed by atoms with Crippen molar-refractivity contribution in [1.29, 1.82) is 0 Å². The topological polar surface area (TPSA) is 16.1 Å². The Balaban J connectivity index is 2.01. The molecule has 106 valence electrons. The average Bonchev–Trinajstić information content (AvgIpc) is 3.29. The van der Waals surface area contributed by atoms with E-state index < -0.39 is 0 Å². The number of rotatable bonds is 6. The lowest BCUT2D eigenvalue weighted by Gasteiger charge is -2.25. The van der Waals surface area contributed by atoms with Crippen molar-refractivity contribution in [3.63, 3.8) is 0 Å². The molecule has 0 atom stereocenters. The molecular formula is C17H21BrN2. The summed E-state index contributed by atoms with van der Waals surface area (Å²) in [6.45, 7) is 4.51. The Morgan fingerprint density at radius 1 is 1.30 bits per heavy atom. The van der Waals surface area contributed by atoms with E-state index >= 15 is 0 Å². The summed E-state index contributed by atoms with van der Waals surface area (Å²) < 4.78 is 0. The molecule has 1 fully saturated rings. The number of anilines is 1. The van der Waals surface area contributed by atoms with Crippen molar-refractivity contribution in [3.8, 4) is 0 Å². The molecule has 0 spiro atoms. The fourth-order valence-electron chi connectivity index (χ4n) is 2.69. The molecule has 0 bridgehead atoms. The van der Waals surface area contributed by atoms with Gasteiger partial charge in [0.05, 0.1) is 5.52 Å². The third kappa shape index (κ3) is 2.98. The molecule has 1 aromatic carbocycles. The highest BCUT2D eigenvalue weighted by Crippen LogP contribution is 2.33. The molecule has 0 saturated heterocycles. The standard InChI is InChI=1S/C17H21BrN2/c1-2-9-20(12-13-7-8-13)17-15(11-18)10-14-5-3-4-6-16(14)19-17/h3-6,10,13H,2,7-9,11-12H2,1H3. The lowest BCUT2D eigenvalue weighted by molar-refractivity contribution is 0.698. The van der Waals surface area contributed by atoms with Gasteiger partial charge in [0.25, 0.3) is 0 Å². The van der Waals surface area contributed by atoms with Gasteiger partial charge in [-0.1, -0.05) is 41.1 Å². The predicted molar refractivity (Wildman–Crippen MR) is 89.6 cm³/mol. The number of halogens is 1. The molecule has 0 N–H and O–H groups in total. The van der Waals surface area contributed by atoms with E-state index in [2.05, 4.69) is 58.1 Å². The highest BCUT2D eigenvalue weighted by Gasteiger charge is 2.25. The van der Waals surface area contributed by atoms with Crippen molar-refractivity contribution in [2.75, 3.05) is 18.0 Å². The summed E-state index contributed by atoms with van der Waals surface area (Å²) in [5.74, 6) is 2.06. The van der Waals surface area contributed by atoms with Gasteiger partial charge in [0.1, 0.15) is 5.82 Å². The van der Waals surface area contributed by atoms with E-state index in [0.29, 0.717) is 0 Å². The Morgan fingerprint density at radius 2 is 2.10 bits per heavy atom. The first kappa shape index (κ1) is 13.9. The maximum Gasteiger partial charge on any atom is 0.133 e. The van der Waals surface area contributed by atoms with Gasteiger partial charge in [0.2, 0.25) is 0 Å². The summed E-state index contributed by atoms with van der Waals surface area (Å²) in [4.78, 5) is 7.43. The summed E-state index contributed by atoms with van der Waals surface area (Å²) in [5, 5.41) is 2.10. The zero-order valence-corrected chi connectivity index (χ0v) is 13.6. The van der Waals surface area contributed by atoms with Crippen LogP contribution in [0.2, 0.25) is 0 Å². The number of fused-ring (bicyclic) bond motifs is 1. The summed E-state index contributed by atoms with van der Waals surface area (Å²) in [5.41, 5.74) is 2.40. The van der Waals surface area contributed by atoms with Gasteiger partial charge < -0.3 is 4.90 Å². The number of hydrogen-bond donors (Lipinski definition) is 0. The van der Waals surface area contributed by atoms with Crippen LogP contribution in [0.25, 0.3) is 10.9 Å². The van der Waals surface area contributed by atoms with Crippen LogP contribution in [0.5, 0.6) is 0 Å². The van der Waals surface area contributed by atoms with E-state index in [1.165, 1.54) is 42.6 Å². The van der Waals surface area contributed by atoms with Crippen molar-refractivity contribution in [3.05, 3.63) is 35.9 Å². The molecule has 0 radical (unpaired) electrons. The first-order valence-corrected chi connectivity index (χ1v) is 8.63. The van der Waals surface area contributed by atoms with E-state index in [0.717, 1.165) is 23.3 Å². The number of para-hydroxylation sites is 1. The van der Waals surface area contributed by atoms with E-state index in [-0.39, 0.29) is 0 Å². The fourth-order valence-corrected chi connectivity index (χ4v) is 3.10. The first-order chi connectivity index (χ1) is 9.81. The van der Waals surface area contributed by atoms with Gasteiger partial charge >= 0.3 is 0 Å². The SMILES string of the molecule is CCCN(CC1CC1)c1nc2ccccc2cc1CBr. The van der Waals surface area contributed by atoms with Crippen molar-refractivity contribution in [2.24, 2.45) is 5.92 Å². The van der Waals surface area contributed by atoms with E-state index in [1.807, 2.05) is 0 Å². The second kappa shape index (κ2) is 6.13. The van der Waals surface area contributed by atoms with Crippen LogP contribution in [0, 0.1) is 5.92 Å². The number of benzene rings is 1. The second-order valence-electron chi connectivity index (χ2n) is 5.69. The van der Waals surface area contributed by atoms with Crippen LogP contribution in [0.4, 0.5) is 5.82 Å². The van der Waals surface area contributed by atoms with Gasteiger partial charge in [-0.2, -0.15) is 0 Å². The molecule has 2 nitrogen and oxygen atoms in total. The van der Waals surface area contributed by atoms with Crippen LogP contribution in [-0.2, 0) is 5.33 Å². The predicted octanol–water partition coefficient (Wildman–Crippen LogP) is 4.76. The fraction of sp³-hybridized carbons (Fsp3) is 0.471. The van der Waals surface area contributed by atoms with E-state index in [9.17, 15) is 0 Å². The largest absolute Gasteiger partial charge is 0.356 e. The number of alkyl halides is 1. The quantitative estimate of drug-likeness (QED) is 0.709. The molecule has 0 aliphatic heterocycles. The third-order valence-corrected chi connectivity index (χ3v) is 4.50. The zero-order valence-electron chi connectivity index (χ0n) is 12.0. The summed E-state index contributed by atoms with van der Waals surface area (Å²) in [7, 11) is 0. The maximum atomic E-state index is 4.94. The Hall–Kier alpha value is -1.09. The number of pyridine rings is 1. The van der Waals surface area contributed by atoms with Crippen molar-refractivity contribution in [1.82, 2.24) is 4.98 Å². The lowest BCUT2D eigenvalue weighted by atomic mass is 10.1. The van der Waals surface area contributed by atoms with E-state index in [4.69, 9.17) is 4.98 Å². The van der Waals surface area contributed by atoms with Gasteiger partial charge in [-0.05, 0) is 37.3 Å². The summed E-state index contributed by atoms with van der Waals surface area (Å²) in [6, 6.07) is 10.7. The monoisotopic (exact) mass is 332 g/mol. The van der Waals surface area contributed by atoms with Gasteiger partial charge in [-0.25, -0.2) is 4.98 Å². The molecule has 2 aromatic rings. The highest BCUT2D eigenvalue weighted by atomic mass is 79.9. The summed E-state index contributed by atoms with van der Waals surface area (Å²) >= 11 is 3.63. The molecular weight excluding hydrogens is 312 g/mol.